The van der Waals surface area contributed by atoms with Gasteiger partial charge in [-0.1, -0.05) is 43.9 Å². The third-order valence-electron chi connectivity index (χ3n) is 4.42. The number of hydrogen-bond donors (Lipinski definition) is 1. The van der Waals surface area contributed by atoms with Gasteiger partial charge in [-0.25, -0.2) is 4.39 Å². The molecule has 2 heteroatoms. The molecule has 18 heavy (non-hydrogen) atoms. The van der Waals surface area contributed by atoms with Gasteiger partial charge in [0, 0.05) is 11.6 Å². The largest absolute Gasteiger partial charge is 0.324 e. The summed E-state index contributed by atoms with van der Waals surface area (Å²) in [6, 6.07) is 5.13. The second kappa shape index (κ2) is 5.83. The first-order valence-electron chi connectivity index (χ1n) is 7.13. The minimum Gasteiger partial charge on any atom is -0.324 e. The molecule has 0 aliphatic heterocycles. The van der Waals surface area contributed by atoms with E-state index in [2.05, 4.69) is 6.92 Å². The van der Waals surface area contributed by atoms with Crippen LogP contribution in [0.15, 0.2) is 18.2 Å². The molecule has 0 bridgehead atoms. The normalized spacial score (nSPS) is 26.0. The molecular weight excluding hydrogens is 225 g/mol. The van der Waals surface area contributed by atoms with Gasteiger partial charge in [0.1, 0.15) is 5.82 Å². The molecule has 1 nitrogen and oxygen atoms in total. The Hall–Kier alpha value is -0.890. The maximum absolute atomic E-state index is 13.9. The van der Waals surface area contributed by atoms with E-state index < -0.39 is 0 Å². The molecule has 1 aromatic rings. The summed E-state index contributed by atoms with van der Waals surface area (Å²) in [5.41, 5.74) is 8.11. The molecule has 3 atom stereocenters. The Kier molecular flexibility index (Phi) is 4.39. The van der Waals surface area contributed by atoms with Crippen molar-refractivity contribution in [1.82, 2.24) is 0 Å². The van der Waals surface area contributed by atoms with Crippen LogP contribution in [0.25, 0.3) is 0 Å². The molecule has 2 N–H and O–H groups in total. The predicted octanol–water partition coefficient (Wildman–Crippen LogP) is 4.35. The average Bonchev–Trinajstić information content (AvgIpc) is 2.41. The van der Waals surface area contributed by atoms with E-state index in [0.29, 0.717) is 11.5 Å². The van der Waals surface area contributed by atoms with E-state index in [0.717, 1.165) is 24.3 Å². The summed E-state index contributed by atoms with van der Waals surface area (Å²) in [5, 5.41) is 0. The number of hydrogen-bond acceptors (Lipinski definition) is 1. The summed E-state index contributed by atoms with van der Waals surface area (Å²) < 4.78 is 13.9. The van der Waals surface area contributed by atoms with Crippen LogP contribution in [0.3, 0.4) is 0 Å². The van der Waals surface area contributed by atoms with Crippen LogP contribution in [-0.4, -0.2) is 0 Å². The fourth-order valence-corrected chi connectivity index (χ4v) is 3.20. The van der Waals surface area contributed by atoms with E-state index in [1.807, 2.05) is 13.0 Å². The predicted molar refractivity (Wildman–Crippen MR) is 73.8 cm³/mol. The highest BCUT2D eigenvalue weighted by Gasteiger charge is 2.27. The molecule has 1 saturated carbocycles. The molecule has 1 aliphatic rings. The molecule has 0 heterocycles. The van der Waals surface area contributed by atoms with E-state index in [1.54, 1.807) is 12.1 Å². The molecule has 1 fully saturated rings. The third-order valence-corrected chi connectivity index (χ3v) is 4.42. The van der Waals surface area contributed by atoms with Crippen molar-refractivity contribution < 1.29 is 4.39 Å². The van der Waals surface area contributed by atoms with Crippen molar-refractivity contribution in [3.05, 3.63) is 35.1 Å². The first-order valence-corrected chi connectivity index (χ1v) is 7.13. The Labute approximate surface area is 110 Å². The molecular formula is C16H24FN. The van der Waals surface area contributed by atoms with E-state index in [1.165, 1.54) is 19.3 Å². The first-order chi connectivity index (χ1) is 8.61. The van der Waals surface area contributed by atoms with Crippen molar-refractivity contribution in [2.75, 3.05) is 0 Å². The Balaban J connectivity index is 2.14. The highest BCUT2D eigenvalue weighted by molar-refractivity contribution is 5.27. The second-order valence-electron chi connectivity index (χ2n) is 5.75. The first kappa shape index (κ1) is 13.5. The van der Waals surface area contributed by atoms with Crippen LogP contribution in [0.2, 0.25) is 0 Å². The summed E-state index contributed by atoms with van der Waals surface area (Å²) in [6.07, 6.45) is 6.08. The maximum Gasteiger partial charge on any atom is 0.127 e. The van der Waals surface area contributed by atoms with Crippen molar-refractivity contribution in [3.8, 4) is 0 Å². The molecule has 0 saturated heterocycles. The number of benzene rings is 1. The SMILES string of the molecule is CCC1CCCC(C(N)c2cc(C)ccc2F)C1. The minimum absolute atomic E-state index is 0.140. The van der Waals surface area contributed by atoms with Crippen molar-refractivity contribution in [1.29, 1.82) is 0 Å². The van der Waals surface area contributed by atoms with E-state index in [9.17, 15) is 4.39 Å². The lowest BCUT2D eigenvalue weighted by Gasteiger charge is -2.32. The summed E-state index contributed by atoms with van der Waals surface area (Å²) in [7, 11) is 0. The van der Waals surface area contributed by atoms with Crippen LogP contribution in [0.1, 0.15) is 56.2 Å². The van der Waals surface area contributed by atoms with Crippen molar-refractivity contribution in [2.24, 2.45) is 17.6 Å². The minimum atomic E-state index is -0.147. The molecule has 0 spiro atoms. The lowest BCUT2D eigenvalue weighted by atomic mass is 9.75. The smallest absolute Gasteiger partial charge is 0.127 e. The Morgan fingerprint density at radius 3 is 2.89 bits per heavy atom. The number of nitrogens with two attached hydrogens (primary N) is 1. The van der Waals surface area contributed by atoms with Gasteiger partial charge in [0.05, 0.1) is 0 Å². The van der Waals surface area contributed by atoms with E-state index in [-0.39, 0.29) is 11.9 Å². The Bertz CT molecular complexity index is 402. The molecule has 100 valence electrons. The van der Waals surface area contributed by atoms with Gasteiger partial charge in [0.2, 0.25) is 0 Å². The standard InChI is InChI=1S/C16H24FN/c1-3-12-5-4-6-13(10-12)16(18)14-9-11(2)7-8-15(14)17/h7-9,12-13,16H,3-6,10,18H2,1-2H3. The zero-order chi connectivity index (χ0) is 13.1. The summed E-state index contributed by atoms with van der Waals surface area (Å²) in [6.45, 7) is 4.23. The summed E-state index contributed by atoms with van der Waals surface area (Å²) in [5.74, 6) is 1.08. The molecule has 1 aliphatic carbocycles. The number of halogens is 1. The fraction of sp³-hybridized carbons (Fsp3) is 0.625. The van der Waals surface area contributed by atoms with Crippen LogP contribution in [-0.2, 0) is 0 Å². The highest BCUT2D eigenvalue weighted by Crippen LogP contribution is 2.38. The molecule has 0 radical (unpaired) electrons. The van der Waals surface area contributed by atoms with Crippen LogP contribution in [0.5, 0.6) is 0 Å². The molecule has 2 rings (SSSR count). The second-order valence-corrected chi connectivity index (χ2v) is 5.75. The quantitative estimate of drug-likeness (QED) is 0.846. The van der Waals surface area contributed by atoms with Gasteiger partial charge in [0.25, 0.3) is 0 Å². The van der Waals surface area contributed by atoms with Crippen LogP contribution in [0.4, 0.5) is 4.39 Å². The maximum atomic E-state index is 13.9. The van der Waals surface area contributed by atoms with Gasteiger partial charge >= 0.3 is 0 Å². The fourth-order valence-electron chi connectivity index (χ4n) is 3.20. The Morgan fingerprint density at radius 2 is 2.17 bits per heavy atom. The topological polar surface area (TPSA) is 26.0 Å². The van der Waals surface area contributed by atoms with Gasteiger partial charge in [-0.3, -0.25) is 0 Å². The zero-order valence-corrected chi connectivity index (χ0v) is 11.5. The van der Waals surface area contributed by atoms with Crippen molar-refractivity contribution in [2.45, 2.75) is 52.0 Å². The molecule has 0 aromatic heterocycles. The molecule has 1 aromatic carbocycles. The van der Waals surface area contributed by atoms with Crippen molar-refractivity contribution in [3.63, 3.8) is 0 Å². The van der Waals surface area contributed by atoms with Gasteiger partial charge in [-0.15, -0.1) is 0 Å². The monoisotopic (exact) mass is 249 g/mol. The van der Waals surface area contributed by atoms with Gasteiger partial charge < -0.3 is 5.73 Å². The number of rotatable bonds is 3. The van der Waals surface area contributed by atoms with Crippen molar-refractivity contribution >= 4 is 0 Å². The lowest BCUT2D eigenvalue weighted by Crippen LogP contribution is -2.27. The van der Waals surface area contributed by atoms with Gasteiger partial charge in [-0.05, 0) is 37.7 Å². The van der Waals surface area contributed by atoms with E-state index in [4.69, 9.17) is 5.73 Å². The molecule has 0 amide bonds. The van der Waals surface area contributed by atoms with Crippen LogP contribution >= 0.6 is 0 Å². The van der Waals surface area contributed by atoms with Gasteiger partial charge in [-0.2, -0.15) is 0 Å². The Morgan fingerprint density at radius 1 is 1.39 bits per heavy atom. The highest BCUT2D eigenvalue weighted by atomic mass is 19.1. The van der Waals surface area contributed by atoms with Crippen LogP contribution in [0, 0.1) is 24.6 Å². The lowest BCUT2D eigenvalue weighted by molar-refractivity contribution is 0.228. The average molecular weight is 249 g/mol. The van der Waals surface area contributed by atoms with E-state index >= 15 is 0 Å². The summed E-state index contributed by atoms with van der Waals surface area (Å²) >= 11 is 0. The summed E-state index contributed by atoms with van der Waals surface area (Å²) in [4.78, 5) is 0. The number of aryl methyl sites for hydroxylation is 1. The van der Waals surface area contributed by atoms with Crippen LogP contribution < -0.4 is 5.73 Å². The van der Waals surface area contributed by atoms with Gasteiger partial charge in [0.15, 0.2) is 0 Å². The molecule has 3 unspecified atom stereocenters. The zero-order valence-electron chi connectivity index (χ0n) is 11.5. The third kappa shape index (κ3) is 2.92.